The second-order valence-electron chi connectivity index (χ2n) is 5.36. The van der Waals surface area contributed by atoms with Gasteiger partial charge in [-0.25, -0.2) is 0 Å². The number of furan rings is 1. The van der Waals surface area contributed by atoms with Crippen LogP contribution in [-0.2, 0) is 0 Å². The summed E-state index contributed by atoms with van der Waals surface area (Å²) in [5, 5.41) is 4.24. The van der Waals surface area contributed by atoms with Gasteiger partial charge in [-0.1, -0.05) is 13.8 Å². The molecule has 4 nitrogen and oxygen atoms in total. The Hall–Kier alpha value is -1.81. The van der Waals surface area contributed by atoms with Gasteiger partial charge in [-0.3, -0.25) is 4.79 Å². The average Bonchev–Trinajstić information content (AvgIpc) is 2.79. The predicted octanol–water partition coefficient (Wildman–Crippen LogP) is 3.40. The summed E-state index contributed by atoms with van der Waals surface area (Å²) in [7, 11) is 0. The van der Waals surface area contributed by atoms with Crippen LogP contribution >= 0.6 is 0 Å². The van der Waals surface area contributed by atoms with Gasteiger partial charge in [-0.15, -0.1) is 0 Å². The second kappa shape index (κ2) is 6.09. The fourth-order valence-corrected chi connectivity index (χ4v) is 1.93. The fraction of sp³-hybridized carbons (Fsp3) is 0.438. The van der Waals surface area contributed by atoms with E-state index in [1.165, 1.54) is 6.92 Å². The molecule has 0 bridgehead atoms. The maximum atomic E-state index is 11.3. The first-order valence-corrected chi connectivity index (χ1v) is 6.90. The van der Waals surface area contributed by atoms with E-state index in [1.807, 2.05) is 25.1 Å². The molecule has 0 aliphatic rings. The van der Waals surface area contributed by atoms with Crippen LogP contribution in [0, 0.1) is 0 Å². The molecule has 0 saturated heterocycles. The van der Waals surface area contributed by atoms with E-state index in [4.69, 9.17) is 9.15 Å². The van der Waals surface area contributed by atoms with E-state index in [9.17, 15) is 4.79 Å². The first-order chi connectivity index (χ1) is 9.45. The molecule has 0 fully saturated rings. The number of nitrogens with one attached hydrogen (secondary N) is 1. The molecule has 20 heavy (non-hydrogen) atoms. The molecule has 2 aromatic rings. The fourth-order valence-electron chi connectivity index (χ4n) is 1.93. The summed E-state index contributed by atoms with van der Waals surface area (Å²) in [6.07, 6.45) is 0.0667. The molecule has 1 aromatic carbocycles. The number of fused-ring (bicyclic) bond motifs is 1. The van der Waals surface area contributed by atoms with Gasteiger partial charge in [-0.05, 0) is 25.1 Å². The normalized spacial score (nSPS) is 12.8. The van der Waals surface area contributed by atoms with Crippen molar-refractivity contribution in [2.75, 3.05) is 6.54 Å². The molecular weight excluding hydrogens is 254 g/mol. The number of ketones is 1. The molecule has 1 aromatic heterocycles. The lowest BCUT2D eigenvalue weighted by atomic mass is 10.2. The minimum absolute atomic E-state index is 0.0667. The minimum Gasteiger partial charge on any atom is -0.489 e. The standard InChI is InChI=1S/C16H21NO3/c1-10(2)17-9-11(3)19-14-6-5-13-7-15(12(4)18)20-16(13)8-14/h5-8,10-11,17H,9H2,1-4H3/t11-/m1/s1. The third kappa shape index (κ3) is 3.61. The van der Waals surface area contributed by atoms with Crippen molar-refractivity contribution in [3.63, 3.8) is 0 Å². The summed E-state index contributed by atoms with van der Waals surface area (Å²) < 4.78 is 11.3. The highest BCUT2D eigenvalue weighted by Gasteiger charge is 2.10. The van der Waals surface area contributed by atoms with Crippen LogP contribution in [0.1, 0.15) is 38.2 Å². The van der Waals surface area contributed by atoms with Crippen LogP contribution in [-0.4, -0.2) is 24.5 Å². The molecule has 0 spiro atoms. The first-order valence-electron chi connectivity index (χ1n) is 6.90. The van der Waals surface area contributed by atoms with Crippen molar-refractivity contribution < 1.29 is 13.9 Å². The second-order valence-corrected chi connectivity index (χ2v) is 5.36. The highest BCUT2D eigenvalue weighted by Crippen LogP contribution is 2.25. The van der Waals surface area contributed by atoms with E-state index in [0.29, 0.717) is 17.4 Å². The Morgan fingerprint density at radius 1 is 1.30 bits per heavy atom. The molecule has 0 amide bonds. The Kier molecular flexibility index (Phi) is 4.45. The Morgan fingerprint density at radius 3 is 2.70 bits per heavy atom. The lowest BCUT2D eigenvalue weighted by Crippen LogP contribution is -2.33. The number of ether oxygens (including phenoxy) is 1. The maximum absolute atomic E-state index is 11.3. The minimum atomic E-state index is -0.0711. The Balaban J connectivity index is 2.09. The monoisotopic (exact) mass is 275 g/mol. The zero-order chi connectivity index (χ0) is 14.7. The van der Waals surface area contributed by atoms with Crippen LogP contribution in [0.25, 0.3) is 11.0 Å². The first kappa shape index (κ1) is 14.6. The molecule has 0 saturated carbocycles. The van der Waals surface area contributed by atoms with Crippen molar-refractivity contribution in [2.24, 2.45) is 0 Å². The molecular formula is C16H21NO3. The summed E-state index contributed by atoms with van der Waals surface area (Å²) >= 11 is 0. The van der Waals surface area contributed by atoms with Crippen LogP contribution in [0.4, 0.5) is 0 Å². The van der Waals surface area contributed by atoms with Gasteiger partial charge in [0.25, 0.3) is 0 Å². The topological polar surface area (TPSA) is 51.5 Å². The summed E-state index contributed by atoms with van der Waals surface area (Å²) in [6.45, 7) is 8.50. The number of benzene rings is 1. The van der Waals surface area contributed by atoms with Crippen LogP contribution in [0.15, 0.2) is 28.7 Å². The molecule has 0 radical (unpaired) electrons. The van der Waals surface area contributed by atoms with Gasteiger partial charge in [0.05, 0.1) is 0 Å². The lowest BCUT2D eigenvalue weighted by molar-refractivity contribution is 0.0989. The van der Waals surface area contributed by atoms with Gasteiger partial charge in [0, 0.05) is 31.0 Å². The summed E-state index contributed by atoms with van der Waals surface area (Å²) in [5.41, 5.74) is 0.678. The third-order valence-corrected chi connectivity index (χ3v) is 2.99. The molecule has 0 aliphatic carbocycles. The molecule has 1 N–H and O–H groups in total. The number of carbonyl (C=O) groups excluding carboxylic acids is 1. The molecule has 2 rings (SSSR count). The molecule has 0 aliphatic heterocycles. The van der Waals surface area contributed by atoms with Crippen LogP contribution in [0.2, 0.25) is 0 Å². The van der Waals surface area contributed by atoms with Gasteiger partial charge < -0.3 is 14.5 Å². The predicted molar refractivity (Wildman–Crippen MR) is 79.4 cm³/mol. The maximum Gasteiger partial charge on any atom is 0.194 e. The average molecular weight is 275 g/mol. The molecule has 4 heteroatoms. The van der Waals surface area contributed by atoms with Crippen molar-refractivity contribution in [2.45, 2.75) is 39.8 Å². The van der Waals surface area contributed by atoms with E-state index in [0.717, 1.165) is 17.7 Å². The van der Waals surface area contributed by atoms with E-state index in [1.54, 1.807) is 6.07 Å². The van der Waals surface area contributed by atoms with Gasteiger partial charge >= 0.3 is 0 Å². The number of Topliss-reactive ketones (excluding diaryl/α,β-unsaturated/α-hetero) is 1. The lowest BCUT2D eigenvalue weighted by Gasteiger charge is -2.17. The van der Waals surface area contributed by atoms with Gasteiger partial charge in [0.2, 0.25) is 0 Å². The number of carbonyl (C=O) groups is 1. The molecule has 1 atom stereocenters. The number of rotatable bonds is 6. The van der Waals surface area contributed by atoms with E-state index in [2.05, 4.69) is 19.2 Å². The smallest absolute Gasteiger partial charge is 0.194 e. The zero-order valence-electron chi connectivity index (χ0n) is 12.4. The quantitative estimate of drug-likeness (QED) is 0.821. The van der Waals surface area contributed by atoms with Crippen LogP contribution in [0.5, 0.6) is 5.75 Å². The molecule has 0 unspecified atom stereocenters. The van der Waals surface area contributed by atoms with Gasteiger partial charge in [0.1, 0.15) is 17.4 Å². The van der Waals surface area contributed by atoms with E-state index < -0.39 is 0 Å². The molecule has 1 heterocycles. The largest absolute Gasteiger partial charge is 0.489 e. The van der Waals surface area contributed by atoms with E-state index in [-0.39, 0.29) is 11.9 Å². The number of hydrogen-bond donors (Lipinski definition) is 1. The Labute approximate surface area is 119 Å². The Morgan fingerprint density at radius 2 is 2.05 bits per heavy atom. The van der Waals surface area contributed by atoms with Crippen molar-refractivity contribution in [1.29, 1.82) is 0 Å². The highest BCUT2D eigenvalue weighted by atomic mass is 16.5. The van der Waals surface area contributed by atoms with Crippen molar-refractivity contribution >= 4 is 16.8 Å². The Bertz CT molecular complexity index is 601. The van der Waals surface area contributed by atoms with Crippen molar-refractivity contribution in [3.8, 4) is 5.75 Å². The zero-order valence-corrected chi connectivity index (χ0v) is 12.4. The van der Waals surface area contributed by atoms with Crippen molar-refractivity contribution in [1.82, 2.24) is 5.32 Å². The SMILES string of the molecule is CC(=O)c1cc2ccc(O[C@H](C)CNC(C)C)cc2o1. The van der Waals surface area contributed by atoms with Gasteiger partial charge in [0.15, 0.2) is 11.5 Å². The number of hydrogen-bond acceptors (Lipinski definition) is 4. The van der Waals surface area contributed by atoms with Crippen LogP contribution < -0.4 is 10.1 Å². The summed E-state index contributed by atoms with van der Waals surface area (Å²) in [4.78, 5) is 11.3. The molecule has 108 valence electrons. The van der Waals surface area contributed by atoms with E-state index >= 15 is 0 Å². The van der Waals surface area contributed by atoms with Crippen LogP contribution in [0.3, 0.4) is 0 Å². The van der Waals surface area contributed by atoms with Crippen molar-refractivity contribution in [3.05, 3.63) is 30.0 Å². The summed E-state index contributed by atoms with van der Waals surface area (Å²) in [5.74, 6) is 1.06. The third-order valence-electron chi connectivity index (χ3n) is 2.99. The van der Waals surface area contributed by atoms with Gasteiger partial charge in [-0.2, -0.15) is 0 Å². The summed E-state index contributed by atoms with van der Waals surface area (Å²) in [6, 6.07) is 7.82. The highest BCUT2D eigenvalue weighted by molar-refractivity contribution is 5.96.